The van der Waals surface area contributed by atoms with Gasteiger partial charge >= 0.3 is 0 Å². The van der Waals surface area contributed by atoms with Gasteiger partial charge in [-0.15, -0.1) is 10.2 Å². The fourth-order valence-electron chi connectivity index (χ4n) is 3.68. The highest BCUT2D eigenvalue weighted by atomic mass is 19.1. The highest BCUT2D eigenvalue weighted by molar-refractivity contribution is 5.80. The molecule has 10 heteroatoms. The SMILES string of the molecule is COc1ccc(CCn2cnc3c(nnc4c(-c5ccc(F)cc5)cnn43)c2=O)cc1OC. The summed E-state index contributed by atoms with van der Waals surface area (Å²) >= 11 is 0. The van der Waals surface area contributed by atoms with Crippen LogP contribution in [0.25, 0.3) is 27.9 Å². The molecule has 0 spiro atoms. The zero-order chi connectivity index (χ0) is 22.9. The molecule has 0 aliphatic heterocycles. The van der Waals surface area contributed by atoms with E-state index in [1.807, 2.05) is 18.2 Å². The molecule has 0 unspecified atom stereocenters. The number of nitrogens with zero attached hydrogens (tertiary/aromatic N) is 6. The second-order valence-electron chi connectivity index (χ2n) is 7.36. The zero-order valence-electron chi connectivity index (χ0n) is 17.9. The maximum atomic E-state index is 13.3. The number of halogens is 1. The van der Waals surface area contributed by atoms with Crippen molar-refractivity contribution in [1.82, 2.24) is 29.4 Å². The second-order valence-corrected chi connectivity index (χ2v) is 7.36. The van der Waals surface area contributed by atoms with Crippen LogP contribution in [0.15, 0.2) is 59.8 Å². The molecule has 0 aliphatic rings. The van der Waals surface area contributed by atoms with Crippen LogP contribution in [-0.4, -0.2) is 43.6 Å². The Hall–Kier alpha value is -4.34. The number of aryl methyl sites for hydroxylation is 2. The smallest absolute Gasteiger partial charge is 0.283 e. The van der Waals surface area contributed by atoms with Gasteiger partial charge in [-0.25, -0.2) is 9.37 Å². The summed E-state index contributed by atoms with van der Waals surface area (Å²) in [6.45, 7) is 0.400. The van der Waals surface area contributed by atoms with Gasteiger partial charge in [-0.1, -0.05) is 18.2 Å². The number of methoxy groups -OCH3 is 2. The summed E-state index contributed by atoms with van der Waals surface area (Å²) < 4.78 is 26.8. The Morgan fingerprint density at radius 1 is 0.970 bits per heavy atom. The molecule has 0 saturated heterocycles. The summed E-state index contributed by atoms with van der Waals surface area (Å²) in [4.78, 5) is 17.4. The van der Waals surface area contributed by atoms with Gasteiger partial charge in [0.05, 0.1) is 20.4 Å². The van der Waals surface area contributed by atoms with Crippen LogP contribution in [0.3, 0.4) is 0 Å². The van der Waals surface area contributed by atoms with Gasteiger partial charge in [-0.2, -0.15) is 9.61 Å². The van der Waals surface area contributed by atoms with E-state index in [9.17, 15) is 9.18 Å². The van der Waals surface area contributed by atoms with Crippen LogP contribution in [0, 0.1) is 5.82 Å². The molecule has 5 rings (SSSR count). The van der Waals surface area contributed by atoms with Gasteiger partial charge in [0.2, 0.25) is 0 Å². The van der Waals surface area contributed by atoms with Crippen LogP contribution in [0.4, 0.5) is 4.39 Å². The first-order valence-electron chi connectivity index (χ1n) is 10.2. The summed E-state index contributed by atoms with van der Waals surface area (Å²) in [5.41, 5.74) is 2.94. The topological polar surface area (TPSA) is 96.4 Å². The van der Waals surface area contributed by atoms with Gasteiger partial charge in [-0.3, -0.25) is 9.36 Å². The van der Waals surface area contributed by atoms with Gasteiger partial charge in [0.15, 0.2) is 28.3 Å². The molecule has 166 valence electrons. The Balaban J connectivity index is 1.47. The minimum Gasteiger partial charge on any atom is -0.493 e. The van der Waals surface area contributed by atoms with Crippen molar-refractivity contribution in [2.75, 3.05) is 14.2 Å². The van der Waals surface area contributed by atoms with Crippen molar-refractivity contribution < 1.29 is 13.9 Å². The summed E-state index contributed by atoms with van der Waals surface area (Å²) in [6.07, 6.45) is 3.66. The summed E-state index contributed by atoms with van der Waals surface area (Å²) in [6, 6.07) is 11.6. The fraction of sp³-hybridized carbons (Fsp3) is 0.174. The lowest BCUT2D eigenvalue weighted by molar-refractivity contribution is 0.354. The summed E-state index contributed by atoms with van der Waals surface area (Å²) in [5.74, 6) is 0.939. The predicted molar refractivity (Wildman–Crippen MR) is 119 cm³/mol. The van der Waals surface area contributed by atoms with E-state index in [-0.39, 0.29) is 16.9 Å². The highest BCUT2D eigenvalue weighted by Gasteiger charge is 2.15. The van der Waals surface area contributed by atoms with Crippen molar-refractivity contribution >= 4 is 16.8 Å². The Bertz CT molecular complexity index is 1530. The van der Waals surface area contributed by atoms with Crippen molar-refractivity contribution in [2.45, 2.75) is 13.0 Å². The molecular weight excluding hydrogens is 427 g/mol. The Labute approximate surface area is 187 Å². The van der Waals surface area contributed by atoms with Crippen molar-refractivity contribution in [3.05, 3.63) is 76.7 Å². The third kappa shape index (κ3) is 3.65. The summed E-state index contributed by atoms with van der Waals surface area (Å²) in [7, 11) is 3.16. The van der Waals surface area contributed by atoms with Crippen LogP contribution in [-0.2, 0) is 13.0 Å². The van der Waals surface area contributed by atoms with Gasteiger partial charge in [0.25, 0.3) is 5.56 Å². The van der Waals surface area contributed by atoms with E-state index in [0.29, 0.717) is 41.3 Å². The number of ether oxygens (including phenoxy) is 2. The molecule has 3 aromatic heterocycles. The first-order chi connectivity index (χ1) is 16.1. The standard InChI is InChI=1S/C23H19FN6O3/c1-32-18-8-3-14(11-19(18)33-2)9-10-29-13-25-22-20(23(29)31)27-28-21-17(12-26-30(21)22)15-4-6-16(24)7-5-15/h3-8,11-13H,9-10H2,1-2H3. The van der Waals surface area contributed by atoms with Gasteiger partial charge in [-0.05, 0) is 41.8 Å². The minimum absolute atomic E-state index is 0.117. The minimum atomic E-state index is -0.331. The second kappa shape index (κ2) is 8.30. The number of hydrogen-bond donors (Lipinski definition) is 0. The average molecular weight is 446 g/mol. The fourth-order valence-corrected chi connectivity index (χ4v) is 3.68. The maximum Gasteiger partial charge on any atom is 0.283 e. The number of fused-ring (bicyclic) bond motifs is 3. The Morgan fingerprint density at radius 3 is 2.52 bits per heavy atom. The van der Waals surface area contributed by atoms with E-state index in [2.05, 4.69) is 20.3 Å². The number of aromatic nitrogens is 6. The Kier molecular flexibility index (Phi) is 5.17. The van der Waals surface area contributed by atoms with Crippen molar-refractivity contribution in [3.8, 4) is 22.6 Å². The lowest BCUT2D eigenvalue weighted by atomic mass is 10.1. The number of benzene rings is 2. The van der Waals surface area contributed by atoms with Crippen molar-refractivity contribution in [3.63, 3.8) is 0 Å². The van der Waals surface area contributed by atoms with Crippen LogP contribution >= 0.6 is 0 Å². The van der Waals surface area contributed by atoms with Crippen LogP contribution in [0.2, 0.25) is 0 Å². The third-order valence-electron chi connectivity index (χ3n) is 5.43. The molecular formula is C23H19FN6O3. The average Bonchev–Trinajstić information content (AvgIpc) is 3.28. The van der Waals surface area contributed by atoms with Crippen LogP contribution in [0.5, 0.6) is 11.5 Å². The molecule has 0 atom stereocenters. The molecule has 2 aromatic carbocycles. The highest BCUT2D eigenvalue weighted by Crippen LogP contribution is 2.28. The van der Waals surface area contributed by atoms with Gasteiger partial charge in [0.1, 0.15) is 12.1 Å². The molecule has 0 bridgehead atoms. The first kappa shape index (κ1) is 20.6. The molecule has 0 fully saturated rings. The molecule has 3 heterocycles. The molecule has 0 saturated carbocycles. The van der Waals surface area contributed by atoms with Crippen molar-refractivity contribution in [1.29, 1.82) is 0 Å². The normalized spacial score (nSPS) is 11.2. The lowest BCUT2D eigenvalue weighted by Crippen LogP contribution is -2.23. The van der Waals surface area contributed by atoms with E-state index in [0.717, 1.165) is 11.1 Å². The molecule has 9 nitrogen and oxygen atoms in total. The maximum absolute atomic E-state index is 13.3. The predicted octanol–water partition coefficient (Wildman–Crippen LogP) is 2.90. The lowest BCUT2D eigenvalue weighted by Gasteiger charge is -2.10. The summed E-state index contributed by atoms with van der Waals surface area (Å²) in [5, 5.41) is 12.7. The molecule has 0 radical (unpaired) electrons. The van der Waals surface area contributed by atoms with E-state index in [1.165, 1.54) is 27.5 Å². The third-order valence-corrected chi connectivity index (χ3v) is 5.43. The van der Waals surface area contributed by atoms with Gasteiger partial charge in [0, 0.05) is 12.1 Å². The molecule has 0 aliphatic carbocycles. The van der Waals surface area contributed by atoms with E-state index in [4.69, 9.17) is 9.47 Å². The monoisotopic (exact) mass is 446 g/mol. The molecule has 33 heavy (non-hydrogen) atoms. The van der Waals surface area contributed by atoms with Crippen LogP contribution < -0.4 is 15.0 Å². The van der Waals surface area contributed by atoms with Crippen LogP contribution in [0.1, 0.15) is 5.56 Å². The molecule has 0 N–H and O–H groups in total. The van der Waals surface area contributed by atoms with Crippen molar-refractivity contribution in [2.24, 2.45) is 0 Å². The Morgan fingerprint density at radius 2 is 1.76 bits per heavy atom. The van der Waals surface area contributed by atoms with E-state index < -0.39 is 0 Å². The van der Waals surface area contributed by atoms with E-state index in [1.54, 1.807) is 32.5 Å². The van der Waals surface area contributed by atoms with E-state index >= 15 is 0 Å². The van der Waals surface area contributed by atoms with Gasteiger partial charge < -0.3 is 9.47 Å². The molecule has 0 amide bonds. The number of rotatable bonds is 6. The largest absolute Gasteiger partial charge is 0.493 e. The zero-order valence-corrected chi connectivity index (χ0v) is 17.9. The number of hydrogen-bond acceptors (Lipinski definition) is 7. The first-order valence-corrected chi connectivity index (χ1v) is 10.2. The molecule has 5 aromatic rings. The quantitative estimate of drug-likeness (QED) is 0.396.